The number of fused-ring (bicyclic) bond motifs is 1. The Kier molecular flexibility index (Phi) is 3.24. The third kappa shape index (κ3) is 2.19. The van der Waals surface area contributed by atoms with E-state index in [1.807, 2.05) is 0 Å². The SMILES string of the molecule is CCOC(=O)c1cnc(NN)n2nc(-c3ccco3)nc12. The number of hydrogen-bond acceptors (Lipinski definition) is 8. The van der Waals surface area contributed by atoms with Crippen LogP contribution >= 0.6 is 0 Å². The van der Waals surface area contributed by atoms with Crippen molar-refractivity contribution in [2.75, 3.05) is 12.0 Å². The van der Waals surface area contributed by atoms with Gasteiger partial charge in [-0.25, -0.2) is 20.6 Å². The number of nitrogens with zero attached hydrogens (tertiary/aromatic N) is 4. The Morgan fingerprint density at radius 3 is 3.10 bits per heavy atom. The van der Waals surface area contributed by atoms with Gasteiger partial charge >= 0.3 is 5.97 Å². The summed E-state index contributed by atoms with van der Waals surface area (Å²) < 4.78 is 11.5. The van der Waals surface area contributed by atoms with Crippen molar-refractivity contribution in [2.24, 2.45) is 5.84 Å². The standard InChI is InChI=1S/C12H12N6O3/c1-2-20-11(19)7-6-14-12(16-13)18-10(7)15-9(17-18)8-4-3-5-21-8/h3-6H,2,13H2,1H3,(H,14,16). The van der Waals surface area contributed by atoms with Crippen molar-refractivity contribution in [1.82, 2.24) is 19.6 Å². The number of nitrogens with two attached hydrogens (primary N) is 1. The summed E-state index contributed by atoms with van der Waals surface area (Å²) in [6, 6.07) is 3.43. The summed E-state index contributed by atoms with van der Waals surface area (Å²) in [4.78, 5) is 20.2. The molecule has 3 aromatic heterocycles. The number of carbonyl (C=O) groups is 1. The number of esters is 1. The molecule has 0 fully saturated rings. The largest absolute Gasteiger partial charge is 0.462 e. The fourth-order valence-corrected chi connectivity index (χ4v) is 1.83. The molecule has 0 unspecified atom stereocenters. The van der Waals surface area contributed by atoms with Crippen molar-refractivity contribution in [3.8, 4) is 11.6 Å². The van der Waals surface area contributed by atoms with Gasteiger partial charge in [0.2, 0.25) is 11.8 Å². The van der Waals surface area contributed by atoms with E-state index < -0.39 is 5.97 Å². The number of furan rings is 1. The first-order chi connectivity index (χ1) is 10.2. The molecule has 3 heterocycles. The highest BCUT2D eigenvalue weighted by Crippen LogP contribution is 2.20. The van der Waals surface area contributed by atoms with E-state index in [4.69, 9.17) is 15.0 Å². The van der Waals surface area contributed by atoms with Crippen LogP contribution in [0.4, 0.5) is 5.95 Å². The fourth-order valence-electron chi connectivity index (χ4n) is 1.83. The van der Waals surface area contributed by atoms with Crippen LogP contribution in [0.2, 0.25) is 0 Å². The zero-order valence-electron chi connectivity index (χ0n) is 11.1. The molecule has 108 valence electrons. The van der Waals surface area contributed by atoms with E-state index in [9.17, 15) is 4.79 Å². The van der Waals surface area contributed by atoms with Crippen molar-refractivity contribution in [2.45, 2.75) is 6.92 Å². The number of aromatic nitrogens is 4. The van der Waals surface area contributed by atoms with E-state index in [2.05, 4.69) is 20.5 Å². The number of ether oxygens (including phenoxy) is 1. The highest BCUT2D eigenvalue weighted by Gasteiger charge is 2.20. The Morgan fingerprint density at radius 1 is 1.57 bits per heavy atom. The molecular formula is C12H12N6O3. The number of nitrogen functional groups attached to an aromatic ring is 1. The summed E-state index contributed by atoms with van der Waals surface area (Å²) in [5.41, 5.74) is 2.87. The van der Waals surface area contributed by atoms with E-state index in [1.165, 1.54) is 17.0 Å². The van der Waals surface area contributed by atoms with Crippen molar-refractivity contribution >= 4 is 17.6 Å². The van der Waals surface area contributed by atoms with Gasteiger partial charge < -0.3 is 9.15 Å². The lowest BCUT2D eigenvalue weighted by Gasteiger charge is -2.05. The van der Waals surface area contributed by atoms with Gasteiger partial charge in [-0.2, -0.15) is 4.52 Å². The van der Waals surface area contributed by atoms with Crippen LogP contribution in [-0.2, 0) is 4.74 Å². The zero-order chi connectivity index (χ0) is 14.8. The zero-order valence-corrected chi connectivity index (χ0v) is 11.1. The van der Waals surface area contributed by atoms with Crippen LogP contribution in [0.3, 0.4) is 0 Å². The Morgan fingerprint density at radius 2 is 2.43 bits per heavy atom. The summed E-state index contributed by atoms with van der Waals surface area (Å²) in [7, 11) is 0. The van der Waals surface area contributed by atoms with E-state index in [-0.39, 0.29) is 23.8 Å². The van der Waals surface area contributed by atoms with Crippen LogP contribution in [0.15, 0.2) is 29.0 Å². The number of carbonyl (C=O) groups excluding carboxylic acids is 1. The molecule has 0 bridgehead atoms. The van der Waals surface area contributed by atoms with Gasteiger partial charge in [-0.1, -0.05) is 0 Å². The fraction of sp³-hybridized carbons (Fsp3) is 0.167. The predicted molar refractivity (Wildman–Crippen MR) is 72.3 cm³/mol. The summed E-state index contributed by atoms with van der Waals surface area (Å²) in [6.07, 6.45) is 2.84. The molecule has 9 nitrogen and oxygen atoms in total. The molecule has 0 saturated carbocycles. The highest BCUT2D eigenvalue weighted by atomic mass is 16.5. The van der Waals surface area contributed by atoms with Crippen LogP contribution in [0.5, 0.6) is 0 Å². The Bertz CT molecular complexity index is 780. The van der Waals surface area contributed by atoms with Gasteiger partial charge in [0, 0.05) is 6.20 Å². The first-order valence-electron chi connectivity index (χ1n) is 6.18. The third-order valence-corrected chi connectivity index (χ3v) is 2.73. The van der Waals surface area contributed by atoms with E-state index in [0.717, 1.165) is 0 Å². The highest BCUT2D eigenvalue weighted by molar-refractivity contribution is 5.95. The van der Waals surface area contributed by atoms with E-state index in [0.29, 0.717) is 11.6 Å². The van der Waals surface area contributed by atoms with Crippen LogP contribution in [0, 0.1) is 0 Å². The molecule has 0 atom stereocenters. The molecule has 0 aliphatic rings. The maximum Gasteiger partial charge on any atom is 0.343 e. The lowest BCUT2D eigenvalue weighted by atomic mass is 10.3. The van der Waals surface area contributed by atoms with Crippen LogP contribution in [0.1, 0.15) is 17.3 Å². The smallest absolute Gasteiger partial charge is 0.343 e. The first-order valence-corrected chi connectivity index (χ1v) is 6.18. The molecule has 0 aromatic carbocycles. The molecule has 21 heavy (non-hydrogen) atoms. The Balaban J connectivity index is 2.20. The van der Waals surface area contributed by atoms with Gasteiger partial charge in [-0.3, -0.25) is 5.43 Å². The third-order valence-electron chi connectivity index (χ3n) is 2.73. The Hall–Kier alpha value is -2.94. The second kappa shape index (κ2) is 5.21. The normalized spacial score (nSPS) is 10.8. The molecule has 0 aliphatic carbocycles. The van der Waals surface area contributed by atoms with E-state index >= 15 is 0 Å². The number of anilines is 1. The van der Waals surface area contributed by atoms with Gasteiger partial charge in [0.05, 0.1) is 12.9 Å². The molecule has 0 amide bonds. The van der Waals surface area contributed by atoms with Crippen LogP contribution in [0.25, 0.3) is 17.2 Å². The minimum absolute atomic E-state index is 0.196. The summed E-state index contributed by atoms with van der Waals surface area (Å²) >= 11 is 0. The minimum atomic E-state index is -0.531. The van der Waals surface area contributed by atoms with Crippen molar-refractivity contribution < 1.29 is 13.9 Å². The average Bonchev–Trinajstić information content (AvgIpc) is 3.14. The van der Waals surface area contributed by atoms with Crippen molar-refractivity contribution in [3.05, 3.63) is 30.2 Å². The van der Waals surface area contributed by atoms with Gasteiger partial charge in [0.15, 0.2) is 11.4 Å². The minimum Gasteiger partial charge on any atom is -0.462 e. The predicted octanol–water partition coefficient (Wildman–Crippen LogP) is 0.847. The summed E-state index contributed by atoms with van der Waals surface area (Å²) in [5.74, 6) is 5.88. The summed E-state index contributed by atoms with van der Waals surface area (Å²) in [5, 5.41) is 4.23. The molecule has 3 rings (SSSR count). The second-order valence-corrected chi connectivity index (χ2v) is 4.01. The number of hydrogen-bond donors (Lipinski definition) is 2. The Labute approximate surface area is 118 Å². The molecular weight excluding hydrogens is 276 g/mol. The molecule has 0 spiro atoms. The second-order valence-electron chi connectivity index (χ2n) is 4.01. The topological polar surface area (TPSA) is 121 Å². The average molecular weight is 288 g/mol. The van der Waals surface area contributed by atoms with Crippen molar-refractivity contribution in [1.29, 1.82) is 0 Å². The monoisotopic (exact) mass is 288 g/mol. The van der Waals surface area contributed by atoms with Crippen LogP contribution < -0.4 is 11.3 Å². The molecule has 3 aromatic rings. The first kappa shape index (κ1) is 13.1. The van der Waals surface area contributed by atoms with Gasteiger partial charge in [-0.05, 0) is 19.1 Å². The lowest BCUT2D eigenvalue weighted by Crippen LogP contribution is -2.16. The maximum atomic E-state index is 11.9. The van der Waals surface area contributed by atoms with Gasteiger partial charge in [0.25, 0.3) is 0 Å². The van der Waals surface area contributed by atoms with Crippen molar-refractivity contribution in [3.63, 3.8) is 0 Å². The molecule has 3 N–H and O–H groups in total. The molecule has 0 aliphatic heterocycles. The number of nitrogens with one attached hydrogen (secondary N) is 1. The summed E-state index contributed by atoms with van der Waals surface area (Å²) in [6.45, 7) is 1.97. The molecule has 9 heteroatoms. The molecule has 0 radical (unpaired) electrons. The van der Waals surface area contributed by atoms with Gasteiger partial charge in [-0.15, -0.1) is 5.10 Å². The van der Waals surface area contributed by atoms with Gasteiger partial charge in [0.1, 0.15) is 5.56 Å². The quantitative estimate of drug-likeness (QED) is 0.411. The van der Waals surface area contributed by atoms with E-state index in [1.54, 1.807) is 19.1 Å². The number of hydrazine groups is 1. The number of rotatable bonds is 4. The lowest BCUT2D eigenvalue weighted by molar-refractivity contribution is 0.0527. The maximum absolute atomic E-state index is 11.9. The molecule has 0 saturated heterocycles. The van der Waals surface area contributed by atoms with Crippen LogP contribution in [-0.4, -0.2) is 32.2 Å².